The molecule has 4 N–H and O–H groups in total. The Kier molecular flexibility index (Phi) is 6.24. The van der Waals surface area contributed by atoms with Crippen molar-refractivity contribution in [2.75, 3.05) is 30.8 Å². The molecule has 7 heteroatoms. The summed E-state index contributed by atoms with van der Waals surface area (Å²) in [6.07, 6.45) is 1.68. The fourth-order valence-electron chi connectivity index (χ4n) is 4.56. The summed E-state index contributed by atoms with van der Waals surface area (Å²) < 4.78 is 0. The van der Waals surface area contributed by atoms with Crippen molar-refractivity contribution in [1.29, 1.82) is 0 Å². The second-order valence-electron chi connectivity index (χ2n) is 9.38. The van der Waals surface area contributed by atoms with Crippen LogP contribution in [0.2, 0.25) is 0 Å². The van der Waals surface area contributed by atoms with Gasteiger partial charge in [-0.15, -0.1) is 11.3 Å². The molecule has 6 nitrogen and oxygen atoms in total. The number of hydrogen-bond acceptors (Lipinski definition) is 5. The lowest BCUT2D eigenvalue weighted by atomic mass is 9.65. The Labute approximate surface area is 182 Å². The molecular formula is C23H31N3O3S. The van der Waals surface area contributed by atoms with Gasteiger partial charge < -0.3 is 21.1 Å². The Bertz CT molecular complexity index is 945. The van der Waals surface area contributed by atoms with Gasteiger partial charge in [0.2, 0.25) is 0 Å². The van der Waals surface area contributed by atoms with Crippen LogP contribution in [0.1, 0.15) is 65.3 Å². The molecule has 162 valence electrons. The van der Waals surface area contributed by atoms with Crippen LogP contribution in [0.15, 0.2) is 24.3 Å². The van der Waals surface area contributed by atoms with E-state index in [9.17, 15) is 14.7 Å². The molecule has 1 amide bonds. The fraction of sp³-hybridized carbons (Fsp3) is 0.478. The van der Waals surface area contributed by atoms with E-state index >= 15 is 0 Å². The maximum absolute atomic E-state index is 12.8. The zero-order chi connectivity index (χ0) is 22.1. The van der Waals surface area contributed by atoms with Crippen molar-refractivity contribution in [3.8, 4) is 0 Å². The normalized spacial score (nSPS) is 16.6. The van der Waals surface area contributed by atoms with Crippen molar-refractivity contribution in [2.24, 2.45) is 5.41 Å². The molecule has 0 atom stereocenters. The first kappa shape index (κ1) is 22.3. The van der Waals surface area contributed by atoms with Gasteiger partial charge in [0.25, 0.3) is 5.91 Å². The van der Waals surface area contributed by atoms with Crippen molar-refractivity contribution in [3.05, 3.63) is 45.8 Å². The van der Waals surface area contributed by atoms with Gasteiger partial charge in [0, 0.05) is 29.2 Å². The lowest BCUT2D eigenvalue weighted by Crippen LogP contribution is -2.34. The van der Waals surface area contributed by atoms with Gasteiger partial charge in [0.15, 0.2) is 0 Å². The van der Waals surface area contributed by atoms with E-state index in [1.807, 2.05) is 19.2 Å². The number of rotatable bonds is 7. The summed E-state index contributed by atoms with van der Waals surface area (Å²) in [6, 6.07) is 7.21. The van der Waals surface area contributed by atoms with Crippen LogP contribution in [0.5, 0.6) is 0 Å². The van der Waals surface area contributed by atoms with E-state index in [1.54, 1.807) is 12.1 Å². The minimum Gasteiger partial charge on any atom is -0.478 e. The largest absolute Gasteiger partial charge is 0.478 e. The molecule has 30 heavy (non-hydrogen) atoms. The average Bonchev–Trinajstić information content (AvgIpc) is 2.99. The predicted octanol–water partition coefficient (Wildman–Crippen LogP) is 4.58. The number of fused-ring (bicyclic) bond motifs is 1. The zero-order valence-corrected chi connectivity index (χ0v) is 19.1. The highest BCUT2D eigenvalue weighted by Crippen LogP contribution is 2.52. The molecule has 3 rings (SSSR count). The fourth-order valence-corrected chi connectivity index (χ4v) is 5.87. The van der Waals surface area contributed by atoms with Crippen LogP contribution < -0.4 is 16.0 Å². The number of carbonyl (C=O) groups excluding carboxylic acids is 1. The lowest BCUT2D eigenvalue weighted by Gasteiger charge is -2.40. The number of amides is 1. The highest BCUT2D eigenvalue weighted by molar-refractivity contribution is 7.17. The summed E-state index contributed by atoms with van der Waals surface area (Å²) in [6.45, 7) is 10.3. The molecular weight excluding hydrogens is 398 g/mol. The van der Waals surface area contributed by atoms with Crippen LogP contribution in [0.25, 0.3) is 0 Å². The van der Waals surface area contributed by atoms with Crippen molar-refractivity contribution in [1.82, 2.24) is 5.32 Å². The summed E-state index contributed by atoms with van der Waals surface area (Å²) in [5, 5.41) is 19.5. The average molecular weight is 430 g/mol. The van der Waals surface area contributed by atoms with E-state index < -0.39 is 5.97 Å². The predicted molar refractivity (Wildman–Crippen MR) is 123 cm³/mol. The van der Waals surface area contributed by atoms with Crippen LogP contribution in [-0.2, 0) is 11.8 Å². The van der Waals surface area contributed by atoms with Crippen molar-refractivity contribution < 1.29 is 14.7 Å². The summed E-state index contributed by atoms with van der Waals surface area (Å²) in [7, 11) is 1.89. The van der Waals surface area contributed by atoms with Crippen LogP contribution in [0.3, 0.4) is 0 Å². The molecule has 0 unspecified atom stereocenters. The molecule has 1 aliphatic rings. The quantitative estimate of drug-likeness (QED) is 0.484. The van der Waals surface area contributed by atoms with E-state index in [4.69, 9.17) is 0 Å². The Hall–Kier alpha value is -2.38. The number of carboxylic acid groups (broad SMARTS) is 1. The first-order valence-corrected chi connectivity index (χ1v) is 11.0. The number of anilines is 2. The van der Waals surface area contributed by atoms with E-state index in [0.29, 0.717) is 17.0 Å². The van der Waals surface area contributed by atoms with Crippen molar-refractivity contribution in [2.45, 2.75) is 46.0 Å². The third kappa shape index (κ3) is 4.68. The topological polar surface area (TPSA) is 90.5 Å². The van der Waals surface area contributed by atoms with Crippen LogP contribution in [-0.4, -0.2) is 37.1 Å². The smallest absolute Gasteiger partial charge is 0.339 e. The Morgan fingerprint density at radius 3 is 2.37 bits per heavy atom. The summed E-state index contributed by atoms with van der Waals surface area (Å²) in [5.41, 5.74) is 2.43. The van der Waals surface area contributed by atoms with Gasteiger partial charge >= 0.3 is 5.97 Å². The first-order valence-electron chi connectivity index (χ1n) is 10.2. The summed E-state index contributed by atoms with van der Waals surface area (Å²) >= 11 is 1.41. The molecule has 0 saturated carbocycles. The van der Waals surface area contributed by atoms with Gasteiger partial charge in [-0.05, 0) is 60.5 Å². The third-order valence-electron chi connectivity index (χ3n) is 5.49. The standard InChI is InChI=1S/C23H31N3O3S/c1-22(2)12-16-17(21(28)29)20(30-18(16)23(3,4)13-22)26-19(27)14-6-8-15(9-7-14)25-11-10-24-5/h6-9,24-25H,10-13H2,1-5H3,(H,26,27)(H,28,29). The number of aromatic carboxylic acids is 1. The van der Waals surface area contributed by atoms with Gasteiger partial charge in [0.05, 0.1) is 5.56 Å². The highest BCUT2D eigenvalue weighted by atomic mass is 32.1. The molecule has 1 heterocycles. The van der Waals surface area contributed by atoms with Crippen LogP contribution in [0, 0.1) is 5.41 Å². The molecule has 0 radical (unpaired) electrons. The molecule has 1 aromatic carbocycles. The van der Waals surface area contributed by atoms with Crippen LogP contribution >= 0.6 is 11.3 Å². The van der Waals surface area contributed by atoms with Gasteiger partial charge in [-0.25, -0.2) is 4.79 Å². The molecule has 0 aliphatic heterocycles. The van der Waals surface area contributed by atoms with Crippen molar-refractivity contribution >= 4 is 33.9 Å². The van der Waals surface area contributed by atoms with Gasteiger partial charge in [-0.1, -0.05) is 27.7 Å². The summed E-state index contributed by atoms with van der Waals surface area (Å²) in [5.74, 6) is -1.28. The Morgan fingerprint density at radius 1 is 1.10 bits per heavy atom. The molecule has 0 fully saturated rings. The number of nitrogens with one attached hydrogen (secondary N) is 3. The number of carboxylic acids is 1. The minimum absolute atomic E-state index is 0.0131. The van der Waals surface area contributed by atoms with E-state index in [-0.39, 0.29) is 22.3 Å². The number of hydrogen-bond donors (Lipinski definition) is 4. The maximum atomic E-state index is 12.8. The highest BCUT2D eigenvalue weighted by Gasteiger charge is 2.42. The van der Waals surface area contributed by atoms with Gasteiger partial charge in [-0.2, -0.15) is 0 Å². The van der Waals surface area contributed by atoms with Gasteiger partial charge in [-0.3, -0.25) is 4.79 Å². The number of thiophene rings is 1. The molecule has 0 saturated heterocycles. The maximum Gasteiger partial charge on any atom is 0.339 e. The number of likely N-dealkylation sites (N-methyl/N-ethyl adjacent to an activating group) is 1. The summed E-state index contributed by atoms with van der Waals surface area (Å²) in [4.78, 5) is 26.0. The molecule has 0 bridgehead atoms. The number of carbonyl (C=O) groups is 2. The van der Waals surface area contributed by atoms with E-state index in [1.165, 1.54) is 11.3 Å². The Morgan fingerprint density at radius 2 is 1.77 bits per heavy atom. The lowest BCUT2D eigenvalue weighted by molar-refractivity contribution is 0.0696. The monoisotopic (exact) mass is 429 g/mol. The van der Waals surface area contributed by atoms with Crippen molar-refractivity contribution in [3.63, 3.8) is 0 Å². The van der Waals surface area contributed by atoms with E-state index in [0.717, 1.165) is 35.6 Å². The minimum atomic E-state index is -0.986. The third-order valence-corrected chi connectivity index (χ3v) is 7.00. The SMILES string of the molecule is CNCCNc1ccc(C(=O)Nc2sc3c(c2C(=O)O)CC(C)(C)CC3(C)C)cc1. The van der Waals surface area contributed by atoms with Gasteiger partial charge in [0.1, 0.15) is 5.00 Å². The zero-order valence-electron chi connectivity index (χ0n) is 18.3. The molecule has 0 spiro atoms. The molecule has 1 aliphatic carbocycles. The number of benzene rings is 1. The molecule has 2 aromatic rings. The molecule has 1 aromatic heterocycles. The second-order valence-corrected chi connectivity index (χ2v) is 10.4. The van der Waals surface area contributed by atoms with E-state index in [2.05, 4.69) is 43.6 Å². The second kappa shape index (κ2) is 8.40. The van der Waals surface area contributed by atoms with Crippen LogP contribution in [0.4, 0.5) is 10.7 Å². The Balaban J connectivity index is 1.86. The first-order chi connectivity index (χ1) is 14.0.